The number of nitrogens with one attached hydrogen (secondary N) is 1. The van der Waals surface area contributed by atoms with Crippen LogP contribution in [-0.2, 0) is 6.18 Å². The average Bonchev–Trinajstić information content (AvgIpc) is 2.24. The smallest absolute Gasteiger partial charge is 0.292 e. The van der Waals surface area contributed by atoms with E-state index in [1.807, 2.05) is 19.3 Å². The average molecular weight is 266 g/mol. The molecule has 0 aliphatic rings. The van der Waals surface area contributed by atoms with E-state index in [0.717, 1.165) is 6.07 Å². The summed E-state index contributed by atoms with van der Waals surface area (Å²) in [6.45, 7) is 3.95. The monoisotopic (exact) mass is 266 g/mol. The number of alkyl halides is 3. The summed E-state index contributed by atoms with van der Waals surface area (Å²) in [7, 11) is 0. The molecule has 0 bridgehead atoms. The quantitative estimate of drug-likeness (QED) is 0.379. The molecule has 1 heterocycles. The molecule has 0 aliphatic carbocycles. The first-order chi connectivity index (χ1) is 7.82. The van der Waals surface area contributed by atoms with Gasteiger partial charge in [0.05, 0.1) is 0 Å². The molecule has 0 radical (unpaired) electrons. The van der Waals surface area contributed by atoms with Crippen molar-refractivity contribution in [2.75, 3.05) is 11.2 Å². The van der Waals surface area contributed by atoms with Crippen molar-refractivity contribution in [3.63, 3.8) is 0 Å². The van der Waals surface area contributed by atoms with Gasteiger partial charge < -0.3 is 0 Å². The zero-order chi connectivity index (χ0) is 13.1. The van der Waals surface area contributed by atoms with Crippen LogP contribution in [0.3, 0.4) is 0 Å². The van der Waals surface area contributed by atoms with E-state index >= 15 is 0 Å². The van der Waals surface area contributed by atoms with E-state index in [2.05, 4.69) is 9.97 Å². The van der Waals surface area contributed by atoms with Gasteiger partial charge in [-0.25, -0.2) is 15.8 Å². The number of anilines is 1. The summed E-state index contributed by atoms with van der Waals surface area (Å²) in [6.07, 6.45) is -4.50. The predicted molar refractivity (Wildman–Crippen MR) is 60.4 cm³/mol. The molecule has 4 nitrogen and oxygen atoms in total. The highest BCUT2D eigenvalue weighted by Gasteiger charge is 2.33. The Morgan fingerprint density at radius 2 is 2.06 bits per heavy atom. The van der Waals surface area contributed by atoms with E-state index in [1.54, 1.807) is 0 Å². The first-order valence-electron chi connectivity index (χ1n) is 4.88. The molecule has 17 heavy (non-hydrogen) atoms. The molecule has 0 aromatic carbocycles. The van der Waals surface area contributed by atoms with Crippen LogP contribution in [0.4, 0.5) is 19.1 Å². The Bertz CT molecular complexity index is 381. The molecule has 0 saturated heterocycles. The standard InChI is InChI=1S/C9H13F3N4S/c1-5(2)4-17-7-3-6(9(10,11)12)14-8(15-7)16-13/h3,5H,4,13H2,1-2H3,(H,14,15,16). The molecule has 0 spiro atoms. The van der Waals surface area contributed by atoms with Crippen LogP contribution < -0.4 is 11.3 Å². The van der Waals surface area contributed by atoms with E-state index in [0.29, 0.717) is 11.7 Å². The Morgan fingerprint density at radius 3 is 2.53 bits per heavy atom. The number of rotatable bonds is 4. The maximum atomic E-state index is 12.5. The lowest BCUT2D eigenvalue weighted by molar-refractivity contribution is -0.141. The van der Waals surface area contributed by atoms with Crippen molar-refractivity contribution in [1.82, 2.24) is 9.97 Å². The first kappa shape index (κ1) is 14.0. The summed E-state index contributed by atoms with van der Waals surface area (Å²) in [4.78, 5) is 7.12. The number of hydrogen-bond donors (Lipinski definition) is 2. The molecule has 0 aliphatic heterocycles. The fraction of sp³-hybridized carbons (Fsp3) is 0.556. The molecule has 0 unspecified atom stereocenters. The maximum Gasteiger partial charge on any atom is 0.433 e. The summed E-state index contributed by atoms with van der Waals surface area (Å²) in [5.41, 5.74) is 1.04. The fourth-order valence-electron chi connectivity index (χ4n) is 0.961. The van der Waals surface area contributed by atoms with Crippen LogP contribution >= 0.6 is 11.8 Å². The normalized spacial score (nSPS) is 11.9. The van der Waals surface area contributed by atoms with Crippen LogP contribution in [0.1, 0.15) is 19.5 Å². The Kier molecular flexibility index (Phi) is 4.58. The van der Waals surface area contributed by atoms with Crippen molar-refractivity contribution in [3.05, 3.63) is 11.8 Å². The van der Waals surface area contributed by atoms with Gasteiger partial charge in [0.25, 0.3) is 0 Å². The molecular formula is C9H13F3N4S. The van der Waals surface area contributed by atoms with Crippen molar-refractivity contribution >= 4 is 17.7 Å². The van der Waals surface area contributed by atoms with Crippen LogP contribution in [-0.4, -0.2) is 15.7 Å². The third-order valence-electron chi connectivity index (χ3n) is 1.69. The molecular weight excluding hydrogens is 253 g/mol. The maximum absolute atomic E-state index is 12.5. The lowest BCUT2D eigenvalue weighted by Gasteiger charge is -2.10. The number of halogens is 3. The molecule has 96 valence electrons. The third-order valence-corrected chi connectivity index (χ3v) is 3.02. The SMILES string of the molecule is CC(C)CSc1cc(C(F)(F)F)nc(NN)n1. The molecule has 0 fully saturated rings. The van der Waals surface area contributed by atoms with Gasteiger partial charge >= 0.3 is 6.18 Å². The number of nitrogen functional groups attached to an aromatic ring is 1. The number of nitrogens with zero attached hydrogens (tertiary/aromatic N) is 2. The van der Waals surface area contributed by atoms with Gasteiger partial charge in [-0.2, -0.15) is 13.2 Å². The fourth-order valence-corrected chi connectivity index (χ4v) is 1.81. The lowest BCUT2D eigenvalue weighted by atomic mass is 10.3. The van der Waals surface area contributed by atoms with E-state index in [9.17, 15) is 13.2 Å². The van der Waals surface area contributed by atoms with Gasteiger partial charge in [-0.05, 0) is 5.92 Å². The summed E-state index contributed by atoms with van der Waals surface area (Å²) < 4.78 is 37.5. The van der Waals surface area contributed by atoms with Gasteiger partial charge in [0.2, 0.25) is 5.95 Å². The highest BCUT2D eigenvalue weighted by Crippen LogP contribution is 2.31. The molecule has 0 amide bonds. The molecule has 1 aromatic rings. The zero-order valence-electron chi connectivity index (χ0n) is 9.38. The number of hydrogen-bond acceptors (Lipinski definition) is 5. The minimum Gasteiger partial charge on any atom is -0.292 e. The van der Waals surface area contributed by atoms with Gasteiger partial charge in [0.1, 0.15) is 5.03 Å². The first-order valence-corrected chi connectivity index (χ1v) is 5.87. The van der Waals surface area contributed by atoms with Gasteiger partial charge in [-0.3, -0.25) is 5.43 Å². The minimum atomic E-state index is -4.50. The number of hydrazine groups is 1. The molecule has 1 aromatic heterocycles. The highest BCUT2D eigenvalue weighted by molar-refractivity contribution is 7.99. The predicted octanol–water partition coefficient (Wildman–Crippen LogP) is 2.53. The van der Waals surface area contributed by atoms with E-state index in [-0.39, 0.29) is 11.0 Å². The Hall–Kier alpha value is -1.02. The largest absolute Gasteiger partial charge is 0.433 e. The molecule has 8 heteroatoms. The number of nitrogens with two attached hydrogens (primary N) is 1. The zero-order valence-corrected chi connectivity index (χ0v) is 10.2. The third kappa shape index (κ3) is 4.39. The topological polar surface area (TPSA) is 63.8 Å². The Balaban J connectivity index is 2.97. The van der Waals surface area contributed by atoms with E-state index in [1.165, 1.54) is 11.8 Å². The Labute approximate surface area is 101 Å². The van der Waals surface area contributed by atoms with Crippen molar-refractivity contribution in [2.24, 2.45) is 11.8 Å². The lowest BCUT2D eigenvalue weighted by Crippen LogP contribution is -2.15. The number of thioether (sulfide) groups is 1. The van der Waals surface area contributed by atoms with Crippen molar-refractivity contribution in [3.8, 4) is 0 Å². The van der Waals surface area contributed by atoms with E-state index < -0.39 is 11.9 Å². The van der Waals surface area contributed by atoms with Gasteiger partial charge in [-0.1, -0.05) is 13.8 Å². The number of aromatic nitrogens is 2. The van der Waals surface area contributed by atoms with Gasteiger partial charge in [-0.15, -0.1) is 11.8 Å². The van der Waals surface area contributed by atoms with Crippen LogP contribution in [0, 0.1) is 5.92 Å². The summed E-state index contributed by atoms with van der Waals surface area (Å²) in [5.74, 6) is 5.84. The highest BCUT2D eigenvalue weighted by atomic mass is 32.2. The summed E-state index contributed by atoms with van der Waals surface area (Å²) in [5, 5.41) is 0.258. The summed E-state index contributed by atoms with van der Waals surface area (Å²) in [6, 6.07) is 0.924. The van der Waals surface area contributed by atoms with E-state index in [4.69, 9.17) is 5.84 Å². The van der Waals surface area contributed by atoms with Crippen LogP contribution in [0.2, 0.25) is 0 Å². The van der Waals surface area contributed by atoms with Gasteiger partial charge in [0, 0.05) is 11.8 Å². The van der Waals surface area contributed by atoms with Crippen LogP contribution in [0.25, 0.3) is 0 Å². The minimum absolute atomic E-state index is 0.230. The van der Waals surface area contributed by atoms with Crippen LogP contribution in [0.5, 0.6) is 0 Å². The molecule has 0 saturated carbocycles. The van der Waals surface area contributed by atoms with Crippen molar-refractivity contribution in [1.29, 1.82) is 0 Å². The second-order valence-corrected chi connectivity index (χ2v) is 4.80. The van der Waals surface area contributed by atoms with Crippen LogP contribution in [0.15, 0.2) is 11.1 Å². The van der Waals surface area contributed by atoms with Gasteiger partial charge in [0.15, 0.2) is 5.69 Å². The molecule has 0 atom stereocenters. The molecule has 1 rings (SSSR count). The molecule has 3 N–H and O–H groups in total. The summed E-state index contributed by atoms with van der Waals surface area (Å²) >= 11 is 1.24. The second-order valence-electron chi connectivity index (χ2n) is 3.76. The van der Waals surface area contributed by atoms with Crippen molar-refractivity contribution < 1.29 is 13.2 Å². The Morgan fingerprint density at radius 1 is 1.41 bits per heavy atom. The second kappa shape index (κ2) is 5.54. The van der Waals surface area contributed by atoms with Crippen molar-refractivity contribution in [2.45, 2.75) is 25.0 Å².